The van der Waals surface area contributed by atoms with Gasteiger partial charge in [0.15, 0.2) is 6.20 Å². The summed E-state index contributed by atoms with van der Waals surface area (Å²) in [5.41, 5.74) is 5.85. The monoisotopic (exact) mass is 674 g/mol. The third-order valence-electron chi connectivity index (χ3n) is 10.8. The molecule has 0 radical (unpaired) electrons. The Morgan fingerprint density at radius 3 is 1.67 bits per heavy atom. The van der Waals surface area contributed by atoms with Crippen LogP contribution < -0.4 is 23.6 Å². The van der Waals surface area contributed by atoms with Crippen LogP contribution in [0.2, 0.25) is 0 Å². The van der Waals surface area contributed by atoms with Gasteiger partial charge in [-0.3, -0.25) is 4.90 Å². The van der Waals surface area contributed by atoms with Gasteiger partial charge in [0.05, 0.1) is 34.5 Å². The molecule has 2 N–H and O–H groups in total. The molecule has 11 rings (SSSR count). The molecule has 1 spiro atoms. The van der Waals surface area contributed by atoms with Gasteiger partial charge in [0, 0.05) is 52.5 Å². The SMILES string of the molecule is C=C[C@H]1CN2CC[C@H]1C[C@@H]2[C@@H](O)c1cc[nH+]c2ccccc12.c1ccc2c(c1)O[B-]1(Oc3ccccc3-2)Oc2ccccc2-c2ccccc2O1. The van der Waals surface area contributed by atoms with Gasteiger partial charge in [0.25, 0.3) is 0 Å². The lowest BCUT2D eigenvalue weighted by Crippen LogP contribution is -2.60. The van der Waals surface area contributed by atoms with Crippen molar-refractivity contribution >= 4 is 17.9 Å². The van der Waals surface area contributed by atoms with Crippen molar-refractivity contribution in [2.24, 2.45) is 11.8 Å². The second kappa shape index (κ2) is 13.0. The number of aromatic amines is 1. The van der Waals surface area contributed by atoms with E-state index in [1.165, 1.54) is 6.42 Å². The molecule has 0 saturated carbocycles. The molecule has 3 saturated heterocycles. The van der Waals surface area contributed by atoms with E-state index in [0.29, 0.717) is 34.8 Å². The molecule has 8 heteroatoms. The molecule has 0 amide bonds. The summed E-state index contributed by atoms with van der Waals surface area (Å²) in [5, 5.41) is 12.2. The summed E-state index contributed by atoms with van der Waals surface area (Å²) in [6.07, 6.45) is 5.93. The highest BCUT2D eigenvalue weighted by atomic mass is 16.9. The fourth-order valence-electron chi connectivity index (χ4n) is 8.28. The molecule has 1 unspecified atom stereocenters. The molecule has 5 atom stereocenters. The van der Waals surface area contributed by atoms with E-state index in [9.17, 15) is 5.11 Å². The third-order valence-corrected chi connectivity index (χ3v) is 10.8. The van der Waals surface area contributed by atoms with Crippen molar-refractivity contribution < 1.29 is 28.7 Å². The highest BCUT2D eigenvalue weighted by molar-refractivity contribution is 6.57. The Labute approximate surface area is 297 Å². The summed E-state index contributed by atoms with van der Waals surface area (Å²) in [4.78, 5) is 5.72. The lowest BCUT2D eigenvalue weighted by molar-refractivity contribution is -0.344. The molecule has 5 aliphatic heterocycles. The molecule has 254 valence electrons. The number of benzene rings is 5. The number of aromatic nitrogens is 1. The van der Waals surface area contributed by atoms with Crippen molar-refractivity contribution in [2.75, 3.05) is 13.1 Å². The first-order valence-corrected chi connectivity index (χ1v) is 17.8. The normalized spacial score (nSPS) is 22.3. The average Bonchev–Trinajstić information content (AvgIpc) is 3.41. The van der Waals surface area contributed by atoms with Crippen LogP contribution in [0.5, 0.6) is 23.0 Å². The highest BCUT2D eigenvalue weighted by Gasteiger charge is 2.47. The average molecular weight is 675 g/mol. The van der Waals surface area contributed by atoms with Gasteiger partial charge in [0.1, 0.15) is 0 Å². The standard InChI is InChI=1S/C24H16BO4.C19H22N2O/c1-5-13-21-17(9-1)18-10-2-6-14-22(18)27-25(26-21)28-23-15-7-3-11-19(23)20-12-4-8-16-24(20)29-25;1-2-13-12-21-10-8-14(13)11-18(21)19(22)16-7-9-20-17-6-4-3-5-15(16)17/h1-16H;2-7,9,13-14,18-19,22H,1,8,10-12H2/q-1;/p+1/t;13-,14-,18+,19-/m.0/s1. The van der Waals surface area contributed by atoms with Gasteiger partial charge in [-0.05, 0) is 61.6 Å². The van der Waals surface area contributed by atoms with E-state index in [-0.39, 0.29) is 6.04 Å². The smallest absolute Gasteiger partial charge is 0.611 e. The number of fused-ring (bicyclic) bond motifs is 10. The Morgan fingerprint density at radius 1 is 0.686 bits per heavy atom. The Balaban J connectivity index is 0.000000142. The zero-order chi connectivity index (χ0) is 34.4. The molecule has 5 aliphatic rings. The van der Waals surface area contributed by atoms with Gasteiger partial charge in [-0.25, -0.2) is 4.98 Å². The lowest BCUT2D eigenvalue weighted by atomic mass is 9.73. The van der Waals surface area contributed by atoms with Crippen molar-refractivity contribution in [2.45, 2.75) is 25.0 Å². The predicted molar refractivity (Wildman–Crippen MR) is 199 cm³/mol. The van der Waals surface area contributed by atoms with Gasteiger partial charge >= 0.3 is 6.96 Å². The molecule has 51 heavy (non-hydrogen) atoms. The minimum absolute atomic E-state index is 0.237. The summed E-state index contributed by atoms with van der Waals surface area (Å²) in [5.74, 6) is 3.87. The van der Waals surface area contributed by atoms with E-state index >= 15 is 0 Å². The van der Waals surface area contributed by atoms with Crippen LogP contribution in [-0.4, -0.2) is 36.1 Å². The van der Waals surface area contributed by atoms with E-state index in [0.717, 1.165) is 58.2 Å². The van der Waals surface area contributed by atoms with Crippen LogP contribution in [0.1, 0.15) is 24.5 Å². The third kappa shape index (κ3) is 5.70. The lowest BCUT2D eigenvalue weighted by Gasteiger charge is -2.50. The molecule has 5 aromatic carbocycles. The first-order chi connectivity index (χ1) is 25.1. The molecule has 7 nitrogen and oxygen atoms in total. The first-order valence-electron chi connectivity index (χ1n) is 17.8. The fourth-order valence-corrected chi connectivity index (χ4v) is 8.28. The zero-order valence-corrected chi connectivity index (χ0v) is 28.2. The molecule has 2 bridgehead atoms. The van der Waals surface area contributed by atoms with Crippen LogP contribution >= 0.6 is 0 Å². The van der Waals surface area contributed by atoms with Gasteiger partial charge in [0.2, 0.25) is 5.52 Å². The second-order valence-electron chi connectivity index (χ2n) is 13.7. The Morgan fingerprint density at radius 2 is 1.18 bits per heavy atom. The number of rotatable bonds is 3. The quantitative estimate of drug-likeness (QED) is 0.151. The van der Waals surface area contributed by atoms with Crippen LogP contribution in [0.25, 0.3) is 33.2 Å². The van der Waals surface area contributed by atoms with E-state index in [4.69, 9.17) is 18.6 Å². The van der Waals surface area contributed by atoms with E-state index in [2.05, 4.69) is 34.7 Å². The Bertz CT molecular complexity index is 2040. The first kappa shape index (κ1) is 31.4. The molecular formula is C43H39BN2O5. The number of aliphatic hydroxyl groups excluding tert-OH is 1. The Kier molecular flexibility index (Phi) is 7.98. The maximum Gasteiger partial charge on any atom is 0.777 e. The molecule has 6 heterocycles. The molecule has 6 aromatic rings. The van der Waals surface area contributed by atoms with Crippen molar-refractivity contribution in [1.82, 2.24) is 4.90 Å². The highest BCUT2D eigenvalue weighted by Crippen LogP contribution is 2.46. The number of nitrogens with one attached hydrogen (secondary N) is 1. The van der Waals surface area contributed by atoms with Gasteiger partial charge in [-0.2, -0.15) is 0 Å². The van der Waals surface area contributed by atoms with Crippen LogP contribution in [0.3, 0.4) is 0 Å². The number of para-hydroxylation sites is 5. The Hall–Kier alpha value is -5.57. The van der Waals surface area contributed by atoms with Crippen LogP contribution in [0.15, 0.2) is 146 Å². The van der Waals surface area contributed by atoms with Gasteiger partial charge < -0.3 is 23.7 Å². The fraction of sp³-hybridized carbons (Fsp3) is 0.186. The summed E-state index contributed by atoms with van der Waals surface area (Å²) in [6.45, 7) is 3.49. The summed E-state index contributed by atoms with van der Waals surface area (Å²) in [6, 6.07) is 41.7. The van der Waals surface area contributed by atoms with Crippen LogP contribution in [0.4, 0.5) is 0 Å². The van der Waals surface area contributed by atoms with Crippen molar-refractivity contribution in [3.63, 3.8) is 0 Å². The summed E-state index contributed by atoms with van der Waals surface area (Å²) in [7, 11) is 0. The molecule has 1 aromatic heterocycles. The van der Waals surface area contributed by atoms with Crippen molar-refractivity contribution in [3.05, 3.63) is 152 Å². The number of H-pyrrole nitrogens is 1. The minimum atomic E-state index is -2.64. The topological polar surface area (TPSA) is 74.5 Å². The molecular weight excluding hydrogens is 635 g/mol. The number of piperidine rings is 3. The summed E-state index contributed by atoms with van der Waals surface area (Å²) >= 11 is 0. The molecule has 3 fully saturated rings. The van der Waals surface area contributed by atoms with Crippen LogP contribution in [-0.2, 0) is 0 Å². The number of hydrogen-bond donors (Lipinski definition) is 1. The number of hydrogen-bond acceptors (Lipinski definition) is 6. The number of aliphatic hydroxyl groups is 1. The second-order valence-corrected chi connectivity index (χ2v) is 13.7. The number of nitrogens with zero attached hydrogens (tertiary/aromatic N) is 1. The largest absolute Gasteiger partial charge is 0.777 e. The van der Waals surface area contributed by atoms with Crippen LogP contribution in [0, 0.1) is 11.8 Å². The van der Waals surface area contributed by atoms with Gasteiger partial charge in [-0.15, -0.1) is 6.58 Å². The maximum atomic E-state index is 11.0. The van der Waals surface area contributed by atoms with Gasteiger partial charge in [-0.1, -0.05) is 91.0 Å². The van der Waals surface area contributed by atoms with E-state index in [1.807, 2.05) is 121 Å². The van der Waals surface area contributed by atoms with E-state index in [1.54, 1.807) is 0 Å². The maximum absolute atomic E-state index is 11.0. The predicted octanol–water partition coefficient (Wildman–Crippen LogP) is 8.28. The molecule has 0 aliphatic carbocycles. The van der Waals surface area contributed by atoms with Crippen molar-refractivity contribution in [3.8, 4) is 45.3 Å². The van der Waals surface area contributed by atoms with E-state index < -0.39 is 13.1 Å². The summed E-state index contributed by atoms with van der Waals surface area (Å²) < 4.78 is 25.4. The number of pyridine rings is 1. The van der Waals surface area contributed by atoms with Crippen molar-refractivity contribution in [1.29, 1.82) is 0 Å². The zero-order valence-electron chi connectivity index (χ0n) is 28.2. The minimum Gasteiger partial charge on any atom is -0.611 e.